The highest BCUT2D eigenvalue weighted by atomic mass is 16.6. The van der Waals surface area contributed by atoms with E-state index in [1.807, 2.05) is 24.4 Å². The van der Waals surface area contributed by atoms with Gasteiger partial charge < -0.3 is 9.74 Å². The van der Waals surface area contributed by atoms with Crippen molar-refractivity contribution in [3.8, 4) is 0 Å². The largest absolute Gasteiger partial charge is 0.399 e. The second-order valence-corrected chi connectivity index (χ2v) is 5.95. The molecule has 1 fully saturated rings. The first kappa shape index (κ1) is 16.5. The van der Waals surface area contributed by atoms with Crippen LogP contribution in [-0.2, 0) is 11.3 Å². The normalized spacial score (nSPS) is 16.2. The van der Waals surface area contributed by atoms with Crippen molar-refractivity contribution in [3.05, 3.63) is 60.3 Å². The predicted octanol–water partition coefficient (Wildman–Crippen LogP) is 2.45. The lowest BCUT2D eigenvalue weighted by Gasteiger charge is -2.35. The standard InChI is InChI=1S/C19H24N4O/c1-24-21-18(15-17-7-3-2-4-8-17)16-22-11-13-23(14-12-22)19-9-5-6-10-20-19/h2-10H,11-16H2,1H3/b21-18-. The molecular weight excluding hydrogens is 300 g/mol. The zero-order chi connectivity index (χ0) is 16.6. The highest BCUT2D eigenvalue weighted by Crippen LogP contribution is 2.13. The molecular formula is C19H24N4O. The van der Waals surface area contributed by atoms with E-state index in [4.69, 9.17) is 4.84 Å². The summed E-state index contributed by atoms with van der Waals surface area (Å²) in [6.07, 6.45) is 2.68. The molecule has 3 rings (SSSR count). The molecule has 0 bridgehead atoms. The summed E-state index contributed by atoms with van der Waals surface area (Å²) in [6.45, 7) is 4.84. The molecule has 2 heterocycles. The summed E-state index contributed by atoms with van der Waals surface area (Å²) in [7, 11) is 1.62. The molecule has 0 amide bonds. The van der Waals surface area contributed by atoms with Gasteiger partial charge in [0.05, 0.1) is 5.71 Å². The van der Waals surface area contributed by atoms with Crippen molar-refractivity contribution in [1.29, 1.82) is 0 Å². The number of piperazine rings is 1. The third-order valence-electron chi connectivity index (χ3n) is 4.22. The van der Waals surface area contributed by atoms with Gasteiger partial charge in [-0.1, -0.05) is 41.6 Å². The Hall–Kier alpha value is -2.40. The van der Waals surface area contributed by atoms with Gasteiger partial charge in [-0.05, 0) is 17.7 Å². The molecule has 126 valence electrons. The van der Waals surface area contributed by atoms with Crippen LogP contribution in [0.15, 0.2) is 59.9 Å². The number of aromatic nitrogens is 1. The van der Waals surface area contributed by atoms with E-state index in [1.54, 1.807) is 7.11 Å². The SMILES string of the molecule is CO/N=C(/Cc1ccccc1)CN1CCN(c2ccccn2)CC1. The van der Waals surface area contributed by atoms with Crippen LogP contribution in [-0.4, -0.2) is 55.4 Å². The maximum Gasteiger partial charge on any atom is 0.128 e. The fraction of sp³-hybridized carbons (Fsp3) is 0.368. The third-order valence-corrected chi connectivity index (χ3v) is 4.22. The molecule has 5 nitrogen and oxygen atoms in total. The number of anilines is 1. The Morgan fingerprint density at radius 2 is 1.79 bits per heavy atom. The summed E-state index contributed by atoms with van der Waals surface area (Å²) >= 11 is 0. The van der Waals surface area contributed by atoms with Crippen molar-refractivity contribution in [2.24, 2.45) is 5.16 Å². The van der Waals surface area contributed by atoms with Crippen molar-refractivity contribution < 1.29 is 4.84 Å². The summed E-state index contributed by atoms with van der Waals surface area (Å²) in [5, 5.41) is 4.24. The van der Waals surface area contributed by atoms with Gasteiger partial charge in [-0.3, -0.25) is 4.90 Å². The Bertz CT molecular complexity index is 637. The van der Waals surface area contributed by atoms with Gasteiger partial charge >= 0.3 is 0 Å². The van der Waals surface area contributed by atoms with Crippen molar-refractivity contribution in [1.82, 2.24) is 9.88 Å². The fourth-order valence-corrected chi connectivity index (χ4v) is 3.01. The monoisotopic (exact) mass is 324 g/mol. The van der Waals surface area contributed by atoms with Crippen molar-refractivity contribution >= 4 is 11.5 Å². The molecule has 1 aliphatic heterocycles. The van der Waals surface area contributed by atoms with Crippen LogP contribution in [0.5, 0.6) is 0 Å². The Kier molecular flexibility index (Phi) is 5.80. The first-order valence-corrected chi connectivity index (χ1v) is 8.36. The van der Waals surface area contributed by atoms with Crippen LogP contribution in [0, 0.1) is 0 Å². The summed E-state index contributed by atoms with van der Waals surface area (Å²) in [6, 6.07) is 16.5. The van der Waals surface area contributed by atoms with Gasteiger partial charge in [0.2, 0.25) is 0 Å². The van der Waals surface area contributed by atoms with Crippen LogP contribution < -0.4 is 4.90 Å². The first-order valence-electron chi connectivity index (χ1n) is 8.36. The Balaban J connectivity index is 1.54. The highest BCUT2D eigenvalue weighted by Gasteiger charge is 2.19. The molecule has 0 saturated carbocycles. The number of nitrogens with zero attached hydrogens (tertiary/aromatic N) is 4. The van der Waals surface area contributed by atoms with E-state index < -0.39 is 0 Å². The van der Waals surface area contributed by atoms with Crippen molar-refractivity contribution in [2.75, 3.05) is 44.7 Å². The van der Waals surface area contributed by atoms with E-state index in [1.165, 1.54) is 5.56 Å². The molecule has 0 unspecified atom stereocenters. The fourth-order valence-electron chi connectivity index (χ4n) is 3.01. The summed E-state index contributed by atoms with van der Waals surface area (Å²) < 4.78 is 0. The van der Waals surface area contributed by atoms with E-state index >= 15 is 0 Å². The Morgan fingerprint density at radius 3 is 2.46 bits per heavy atom. The van der Waals surface area contributed by atoms with Crippen molar-refractivity contribution in [3.63, 3.8) is 0 Å². The van der Waals surface area contributed by atoms with Gasteiger partial charge in [0.25, 0.3) is 0 Å². The number of benzene rings is 1. The molecule has 0 radical (unpaired) electrons. The van der Waals surface area contributed by atoms with Gasteiger partial charge in [0.1, 0.15) is 12.9 Å². The lowest BCUT2D eigenvalue weighted by molar-refractivity contribution is 0.208. The van der Waals surface area contributed by atoms with Gasteiger partial charge in [-0.2, -0.15) is 0 Å². The molecule has 24 heavy (non-hydrogen) atoms. The van der Waals surface area contributed by atoms with E-state index in [-0.39, 0.29) is 0 Å². The maximum atomic E-state index is 5.05. The Labute approximate surface area is 143 Å². The van der Waals surface area contributed by atoms with Gasteiger partial charge in [-0.25, -0.2) is 4.98 Å². The number of oxime groups is 1. The number of hydrogen-bond acceptors (Lipinski definition) is 5. The summed E-state index contributed by atoms with van der Waals surface area (Å²) in [5.41, 5.74) is 2.33. The van der Waals surface area contributed by atoms with E-state index in [9.17, 15) is 0 Å². The zero-order valence-electron chi connectivity index (χ0n) is 14.1. The van der Waals surface area contributed by atoms with E-state index in [0.717, 1.165) is 50.7 Å². The summed E-state index contributed by atoms with van der Waals surface area (Å²) in [5.74, 6) is 1.06. The zero-order valence-corrected chi connectivity index (χ0v) is 14.1. The molecule has 1 saturated heterocycles. The summed E-state index contributed by atoms with van der Waals surface area (Å²) in [4.78, 5) is 14.3. The number of rotatable bonds is 6. The molecule has 1 aromatic carbocycles. The third kappa shape index (κ3) is 4.55. The van der Waals surface area contributed by atoms with E-state index in [2.05, 4.69) is 50.3 Å². The van der Waals surface area contributed by atoms with Crippen LogP contribution in [0.25, 0.3) is 0 Å². The lowest BCUT2D eigenvalue weighted by Crippen LogP contribution is -2.48. The number of hydrogen-bond donors (Lipinski definition) is 0. The van der Waals surface area contributed by atoms with Crippen molar-refractivity contribution in [2.45, 2.75) is 6.42 Å². The Morgan fingerprint density at radius 1 is 1.04 bits per heavy atom. The highest BCUT2D eigenvalue weighted by molar-refractivity contribution is 5.88. The second-order valence-electron chi connectivity index (χ2n) is 5.95. The minimum absolute atomic E-state index is 0.829. The van der Waals surface area contributed by atoms with Gasteiger partial charge in [0, 0.05) is 45.3 Å². The predicted molar refractivity (Wildman–Crippen MR) is 97.5 cm³/mol. The minimum atomic E-state index is 0.829. The quantitative estimate of drug-likeness (QED) is 0.604. The second kappa shape index (κ2) is 8.45. The maximum absolute atomic E-state index is 5.05. The minimum Gasteiger partial charge on any atom is -0.399 e. The van der Waals surface area contributed by atoms with Crippen LogP contribution in [0.2, 0.25) is 0 Å². The molecule has 0 spiro atoms. The lowest BCUT2D eigenvalue weighted by atomic mass is 10.1. The molecule has 5 heteroatoms. The molecule has 0 aliphatic carbocycles. The molecule has 0 atom stereocenters. The van der Waals surface area contributed by atoms with Crippen LogP contribution in [0.4, 0.5) is 5.82 Å². The average Bonchev–Trinajstić information content (AvgIpc) is 2.64. The van der Waals surface area contributed by atoms with E-state index in [0.29, 0.717) is 0 Å². The molecule has 0 N–H and O–H groups in total. The van der Waals surface area contributed by atoms with Crippen LogP contribution in [0.3, 0.4) is 0 Å². The molecule has 1 aliphatic rings. The molecule has 2 aromatic rings. The van der Waals surface area contributed by atoms with Gasteiger partial charge in [0.15, 0.2) is 0 Å². The topological polar surface area (TPSA) is 41.0 Å². The van der Waals surface area contributed by atoms with Crippen LogP contribution in [0.1, 0.15) is 5.56 Å². The average molecular weight is 324 g/mol. The van der Waals surface area contributed by atoms with Crippen LogP contribution >= 0.6 is 0 Å². The van der Waals surface area contributed by atoms with Gasteiger partial charge in [-0.15, -0.1) is 0 Å². The molecule has 1 aromatic heterocycles. The first-order chi connectivity index (χ1) is 11.8. The smallest absolute Gasteiger partial charge is 0.128 e. The number of pyridine rings is 1.